The number of methoxy groups -OCH3 is 2. The van der Waals surface area contributed by atoms with E-state index in [9.17, 15) is 0 Å². The molecule has 2 heteroatoms. The maximum Gasteiger partial charge on any atom is 0.122 e. The van der Waals surface area contributed by atoms with E-state index in [4.69, 9.17) is 9.47 Å². The van der Waals surface area contributed by atoms with Gasteiger partial charge in [-0.05, 0) is 43.0 Å². The molecule has 0 radical (unpaired) electrons. The number of aryl methyl sites for hydroxylation is 3. The molecule has 2 rings (SSSR count). The topological polar surface area (TPSA) is 18.5 Å². The van der Waals surface area contributed by atoms with Crippen LogP contribution in [0.1, 0.15) is 16.7 Å². The maximum absolute atomic E-state index is 5.41. The van der Waals surface area contributed by atoms with Crippen LogP contribution >= 0.6 is 0 Å². The van der Waals surface area contributed by atoms with Crippen LogP contribution < -0.4 is 9.47 Å². The van der Waals surface area contributed by atoms with Crippen molar-refractivity contribution in [3.8, 4) is 11.5 Å². The monoisotopic (exact) mass is 256 g/mol. The highest BCUT2D eigenvalue weighted by atomic mass is 16.5. The van der Waals surface area contributed by atoms with Gasteiger partial charge in [0.2, 0.25) is 0 Å². The molecule has 0 aliphatic carbocycles. The molecule has 2 aromatic rings. The minimum Gasteiger partial charge on any atom is -0.496 e. The second-order valence-electron chi connectivity index (χ2n) is 4.63. The van der Waals surface area contributed by atoms with Gasteiger partial charge in [0.1, 0.15) is 11.5 Å². The average Bonchev–Trinajstić information content (AvgIpc) is 2.45. The van der Waals surface area contributed by atoms with Crippen LogP contribution in [0.15, 0.2) is 42.5 Å². The molecule has 0 spiro atoms. The summed E-state index contributed by atoms with van der Waals surface area (Å²) in [5, 5.41) is 0. The second kappa shape index (κ2) is 6.28. The Morgan fingerprint density at radius 3 is 2.16 bits per heavy atom. The van der Waals surface area contributed by atoms with Gasteiger partial charge in [0.25, 0.3) is 0 Å². The number of ether oxygens (including phenoxy) is 2. The number of para-hydroxylation sites is 1. The summed E-state index contributed by atoms with van der Waals surface area (Å²) in [5.74, 6) is 1.91. The minimum atomic E-state index is 0.948. The van der Waals surface area contributed by atoms with Gasteiger partial charge in [-0.1, -0.05) is 35.9 Å². The van der Waals surface area contributed by atoms with Gasteiger partial charge in [-0.25, -0.2) is 0 Å². The molecule has 19 heavy (non-hydrogen) atoms. The molecule has 2 aromatic carbocycles. The molecule has 2 nitrogen and oxygen atoms in total. The molecule has 0 atom stereocenters. The van der Waals surface area contributed by atoms with E-state index in [1.165, 1.54) is 16.7 Å². The van der Waals surface area contributed by atoms with E-state index in [1.54, 1.807) is 14.2 Å². The first-order valence-electron chi connectivity index (χ1n) is 6.50. The normalized spacial score (nSPS) is 10.3. The third-order valence-corrected chi connectivity index (χ3v) is 3.29. The molecule has 0 saturated carbocycles. The largest absolute Gasteiger partial charge is 0.496 e. The van der Waals surface area contributed by atoms with Crippen molar-refractivity contribution in [1.82, 2.24) is 0 Å². The molecule has 0 aromatic heterocycles. The predicted molar refractivity (Wildman–Crippen MR) is 78.1 cm³/mol. The zero-order valence-electron chi connectivity index (χ0n) is 11.8. The Morgan fingerprint density at radius 1 is 0.789 bits per heavy atom. The van der Waals surface area contributed by atoms with Crippen molar-refractivity contribution in [3.05, 3.63) is 59.2 Å². The average molecular weight is 256 g/mol. The Hall–Kier alpha value is -1.96. The Balaban J connectivity index is 2.16. The molecule has 0 amide bonds. The van der Waals surface area contributed by atoms with Crippen molar-refractivity contribution in [2.24, 2.45) is 0 Å². The van der Waals surface area contributed by atoms with Crippen LogP contribution in [0.4, 0.5) is 0 Å². The van der Waals surface area contributed by atoms with E-state index in [0.29, 0.717) is 0 Å². The Labute approximate surface area is 115 Å². The summed E-state index contributed by atoms with van der Waals surface area (Å²) < 4.78 is 10.8. The van der Waals surface area contributed by atoms with Gasteiger partial charge in [-0.3, -0.25) is 0 Å². The maximum atomic E-state index is 5.41. The third kappa shape index (κ3) is 3.28. The van der Waals surface area contributed by atoms with Crippen LogP contribution in [0.2, 0.25) is 0 Å². The quantitative estimate of drug-likeness (QED) is 0.810. The smallest absolute Gasteiger partial charge is 0.122 e. The van der Waals surface area contributed by atoms with Crippen LogP contribution in [-0.2, 0) is 12.8 Å². The molecular weight excluding hydrogens is 236 g/mol. The van der Waals surface area contributed by atoms with Crippen molar-refractivity contribution in [2.75, 3.05) is 14.2 Å². The van der Waals surface area contributed by atoms with E-state index >= 15 is 0 Å². The molecule has 0 fully saturated rings. The molecule has 100 valence electrons. The van der Waals surface area contributed by atoms with Crippen molar-refractivity contribution in [2.45, 2.75) is 19.8 Å². The first-order valence-corrected chi connectivity index (χ1v) is 6.50. The van der Waals surface area contributed by atoms with Crippen LogP contribution in [0.5, 0.6) is 11.5 Å². The molecule has 0 saturated heterocycles. The van der Waals surface area contributed by atoms with Crippen LogP contribution in [0.3, 0.4) is 0 Å². The fourth-order valence-corrected chi connectivity index (χ4v) is 2.28. The van der Waals surface area contributed by atoms with Crippen LogP contribution in [-0.4, -0.2) is 14.2 Å². The SMILES string of the molecule is COc1ccccc1CCc1cc(C)ccc1OC. The zero-order valence-corrected chi connectivity index (χ0v) is 11.8. The van der Waals surface area contributed by atoms with E-state index < -0.39 is 0 Å². The third-order valence-electron chi connectivity index (χ3n) is 3.29. The van der Waals surface area contributed by atoms with Gasteiger partial charge in [0, 0.05) is 0 Å². The van der Waals surface area contributed by atoms with Crippen LogP contribution in [0, 0.1) is 6.92 Å². The van der Waals surface area contributed by atoms with Crippen molar-refractivity contribution < 1.29 is 9.47 Å². The van der Waals surface area contributed by atoms with Crippen LogP contribution in [0.25, 0.3) is 0 Å². The Bertz CT molecular complexity index is 547. The molecule has 0 unspecified atom stereocenters. The summed E-state index contributed by atoms with van der Waals surface area (Å²) in [6.07, 6.45) is 1.90. The molecule has 0 heterocycles. The predicted octanol–water partition coefficient (Wildman–Crippen LogP) is 3.80. The second-order valence-corrected chi connectivity index (χ2v) is 4.63. The van der Waals surface area contributed by atoms with Gasteiger partial charge < -0.3 is 9.47 Å². The molecular formula is C17H20O2. The standard InChI is InChI=1S/C17H20O2/c1-13-8-11-17(19-3)15(12-13)10-9-14-6-4-5-7-16(14)18-2/h4-8,11-12H,9-10H2,1-3H3. The van der Waals surface area contributed by atoms with Crippen molar-refractivity contribution in [1.29, 1.82) is 0 Å². The number of hydrogen-bond donors (Lipinski definition) is 0. The summed E-state index contributed by atoms with van der Waals surface area (Å²) >= 11 is 0. The van der Waals surface area contributed by atoms with Gasteiger partial charge in [-0.2, -0.15) is 0 Å². The first-order chi connectivity index (χ1) is 9.24. The summed E-state index contributed by atoms with van der Waals surface area (Å²) in [7, 11) is 3.43. The lowest BCUT2D eigenvalue weighted by molar-refractivity contribution is 0.406. The van der Waals surface area contributed by atoms with Crippen molar-refractivity contribution >= 4 is 0 Å². The van der Waals surface area contributed by atoms with E-state index in [1.807, 2.05) is 24.3 Å². The first kappa shape index (κ1) is 13.5. The minimum absolute atomic E-state index is 0.948. The molecule has 0 bridgehead atoms. The fraction of sp³-hybridized carbons (Fsp3) is 0.294. The lowest BCUT2D eigenvalue weighted by Gasteiger charge is -2.11. The highest BCUT2D eigenvalue weighted by Gasteiger charge is 2.06. The molecule has 0 aliphatic rings. The molecule has 0 aliphatic heterocycles. The Morgan fingerprint density at radius 2 is 1.42 bits per heavy atom. The van der Waals surface area contributed by atoms with E-state index in [-0.39, 0.29) is 0 Å². The molecule has 0 N–H and O–H groups in total. The summed E-state index contributed by atoms with van der Waals surface area (Å²) in [6.45, 7) is 2.10. The van der Waals surface area contributed by atoms with E-state index in [2.05, 4.69) is 25.1 Å². The van der Waals surface area contributed by atoms with Gasteiger partial charge in [0.05, 0.1) is 14.2 Å². The number of hydrogen-bond acceptors (Lipinski definition) is 2. The van der Waals surface area contributed by atoms with E-state index in [0.717, 1.165) is 24.3 Å². The highest BCUT2D eigenvalue weighted by molar-refractivity contribution is 5.39. The lowest BCUT2D eigenvalue weighted by Crippen LogP contribution is -1.98. The summed E-state index contributed by atoms with van der Waals surface area (Å²) in [5.41, 5.74) is 3.73. The van der Waals surface area contributed by atoms with Gasteiger partial charge in [-0.15, -0.1) is 0 Å². The fourth-order valence-electron chi connectivity index (χ4n) is 2.28. The lowest BCUT2D eigenvalue weighted by atomic mass is 10.0. The summed E-state index contributed by atoms with van der Waals surface area (Å²) in [6, 6.07) is 14.5. The zero-order chi connectivity index (χ0) is 13.7. The highest BCUT2D eigenvalue weighted by Crippen LogP contribution is 2.24. The van der Waals surface area contributed by atoms with Gasteiger partial charge in [0.15, 0.2) is 0 Å². The van der Waals surface area contributed by atoms with Crippen molar-refractivity contribution in [3.63, 3.8) is 0 Å². The summed E-state index contributed by atoms with van der Waals surface area (Å²) in [4.78, 5) is 0. The Kier molecular flexibility index (Phi) is 4.45. The van der Waals surface area contributed by atoms with Gasteiger partial charge >= 0.3 is 0 Å². The number of benzene rings is 2. The number of rotatable bonds is 5.